The molecule has 2 unspecified atom stereocenters. The Balaban J connectivity index is 1.79. The van der Waals surface area contributed by atoms with Gasteiger partial charge in [-0.25, -0.2) is 0 Å². The van der Waals surface area contributed by atoms with Crippen LogP contribution in [0.15, 0.2) is 29.4 Å². The molecule has 1 aromatic carbocycles. The first-order valence-corrected chi connectivity index (χ1v) is 7.40. The Bertz CT molecular complexity index is 512. The summed E-state index contributed by atoms with van der Waals surface area (Å²) in [6.45, 7) is 6.29. The van der Waals surface area contributed by atoms with Gasteiger partial charge in [0.15, 0.2) is 0 Å². The maximum atomic E-state index is 5.80. The largest absolute Gasteiger partial charge is 0.491 e. The fourth-order valence-electron chi connectivity index (χ4n) is 3.06. The van der Waals surface area contributed by atoms with E-state index in [2.05, 4.69) is 54.5 Å². The van der Waals surface area contributed by atoms with E-state index in [9.17, 15) is 0 Å². The number of piperidine rings is 1. The van der Waals surface area contributed by atoms with Crippen molar-refractivity contribution in [1.29, 1.82) is 0 Å². The number of nitrogens with one attached hydrogen (secondary N) is 1. The molecule has 0 amide bonds. The van der Waals surface area contributed by atoms with Gasteiger partial charge in [0.25, 0.3) is 0 Å². The Morgan fingerprint density at radius 1 is 1.40 bits per heavy atom. The van der Waals surface area contributed by atoms with Crippen molar-refractivity contribution in [3.63, 3.8) is 0 Å². The molecular formula is C16H23N3O. The van der Waals surface area contributed by atoms with Gasteiger partial charge in [-0.05, 0) is 38.6 Å². The molecule has 0 radical (unpaired) electrons. The zero-order valence-corrected chi connectivity index (χ0v) is 12.5. The molecule has 1 fully saturated rings. The third-order valence-corrected chi connectivity index (χ3v) is 4.02. The van der Waals surface area contributed by atoms with Gasteiger partial charge < -0.3 is 15.1 Å². The van der Waals surface area contributed by atoms with Gasteiger partial charge in [0.2, 0.25) is 0 Å². The van der Waals surface area contributed by atoms with Crippen LogP contribution in [0.25, 0.3) is 0 Å². The number of hydrogen-bond acceptors (Lipinski definition) is 4. The summed E-state index contributed by atoms with van der Waals surface area (Å²) in [5, 5.41) is 4.54. The Hall–Kier alpha value is -1.55. The lowest BCUT2D eigenvalue weighted by Crippen LogP contribution is -2.39. The van der Waals surface area contributed by atoms with E-state index >= 15 is 0 Å². The standard InChI is InChI=1S/C16H23N3O/c1-11(2)20-13-6-4-5-12(9-13)16-14-10-19(3)8-7-15(14)17-18-16/h4-6,9,11,14,16,18H,7-8,10H2,1-3H3. The lowest BCUT2D eigenvalue weighted by atomic mass is 9.86. The molecule has 0 aromatic heterocycles. The molecule has 2 atom stereocenters. The average molecular weight is 273 g/mol. The number of rotatable bonds is 3. The minimum absolute atomic E-state index is 0.203. The smallest absolute Gasteiger partial charge is 0.120 e. The van der Waals surface area contributed by atoms with Crippen LogP contribution in [0.1, 0.15) is 31.9 Å². The molecule has 1 aromatic rings. The second kappa shape index (κ2) is 5.44. The molecule has 0 spiro atoms. The molecule has 2 heterocycles. The van der Waals surface area contributed by atoms with Crippen molar-refractivity contribution in [2.75, 3.05) is 20.1 Å². The summed E-state index contributed by atoms with van der Waals surface area (Å²) in [5.74, 6) is 1.43. The summed E-state index contributed by atoms with van der Waals surface area (Å²) < 4.78 is 5.80. The number of benzene rings is 1. The van der Waals surface area contributed by atoms with Gasteiger partial charge in [0, 0.05) is 31.1 Å². The van der Waals surface area contributed by atoms with Crippen molar-refractivity contribution in [3.05, 3.63) is 29.8 Å². The Morgan fingerprint density at radius 3 is 3.05 bits per heavy atom. The third kappa shape index (κ3) is 2.66. The quantitative estimate of drug-likeness (QED) is 0.919. The average Bonchev–Trinajstić information content (AvgIpc) is 2.81. The second-order valence-electron chi connectivity index (χ2n) is 6.07. The van der Waals surface area contributed by atoms with Gasteiger partial charge in [0.05, 0.1) is 12.1 Å². The van der Waals surface area contributed by atoms with E-state index in [0.29, 0.717) is 5.92 Å². The topological polar surface area (TPSA) is 36.9 Å². The van der Waals surface area contributed by atoms with Crippen molar-refractivity contribution in [2.45, 2.75) is 32.4 Å². The lowest BCUT2D eigenvalue weighted by molar-refractivity contribution is 0.241. The number of likely N-dealkylation sites (tertiary alicyclic amines) is 1. The zero-order chi connectivity index (χ0) is 14.1. The number of fused-ring (bicyclic) bond motifs is 1. The molecule has 2 aliphatic rings. The molecule has 0 aliphatic carbocycles. The van der Waals surface area contributed by atoms with E-state index in [1.54, 1.807) is 0 Å². The summed E-state index contributed by atoms with van der Waals surface area (Å²) in [5.41, 5.74) is 5.91. The van der Waals surface area contributed by atoms with Crippen LogP contribution in [0.2, 0.25) is 0 Å². The summed E-state index contributed by atoms with van der Waals surface area (Å²) in [4.78, 5) is 2.39. The predicted molar refractivity (Wildman–Crippen MR) is 81.1 cm³/mol. The minimum Gasteiger partial charge on any atom is -0.491 e. The highest BCUT2D eigenvalue weighted by molar-refractivity contribution is 5.89. The molecule has 0 bridgehead atoms. The van der Waals surface area contributed by atoms with E-state index in [0.717, 1.165) is 25.3 Å². The van der Waals surface area contributed by atoms with E-state index in [4.69, 9.17) is 4.74 Å². The van der Waals surface area contributed by atoms with Crippen molar-refractivity contribution < 1.29 is 4.74 Å². The van der Waals surface area contributed by atoms with Gasteiger partial charge in [0.1, 0.15) is 5.75 Å². The van der Waals surface area contributed by atoms with Crippen LogP contribution >= 0.6 is 0 Å². The SMILES string of the molecule is CC(C)Oc1cccc(C2NN=C3CCN(C)CC32)c1. The number of ether oxygens (including phenoxy) is 1. The highest BCUT2D eigenvalue weighted by Crippen LogP contribution is 2.33. The first-order chi connectivity index (χ1) is 9.63. The van der Waals surface area contributed by atoms with Gasteiger partial charge in [-0.2, -0.15) is 5.10 Å². The van der Waals surface area contributed by atoms with Crippen LogP contribution < -0.4 is 10.2 Å². The van der Waals surface area contributed by atoms with Crippen molar-refractivity contribution in [3.8, 4) is 5.75 Å². The first-order valence-electron chi connectivity index (χ1n) is 7.40. The Labute approximate surface area is 120 Å². The fourth-order valence-corrected chi connectivity index (χ4v) is 3.06. The van der Waals surface area contributed by atoms with Crippen LogP contribution in [0, 0.1) is 5.92 Å². The molecule has 4 nitrogen and oxygen atoms in total. The molecule has 0 saturated carbocycles. The number of hydrogen-bond donors (Lipinski definition) is 1. The van der Waals surface area contributed by atoms with E-state index in [1.807, 2.05) is 6.07 Å². The van der Waals surface area contributed by atoms with Gasteiger partial charge >= 0.3 is 0 Å². The first kappa shape index (κ1) is 13.4. The predicted octanol–water partition coefficient (Wildman–Crippen LogP) is 2.43. The van der Waals surface area contributed by atoms with Crippen LogP contribution in [0.3, 0.4) is 0 Å². The van der Waals surface area contributed by atoms with Crippen LogP contribution in [0.4, 0.5) is 0 Å². The molecular weight excluding hydrogens is 250 g/mol. The van der Waals surface area contributed by atoms with Crippen LogP contribution in [0.5, 0.6) is 5.75 Å². The van der Waals surface area contributed by atoms with E-state index in [-0.39, 0.29) is 12.1 Å². The molecule has 3 rings (SSSR count). The van der Waals surface area contributed by atoms with Crippen molar-refractivity contribution in [1.82, 2.24) is 10.3 Å². The van der Waals surface area contributed by atoms with Gasteiger partial charge in [-0.1, -0.05) is 12.1 Å². The molecule has 4 heteroatoms. The van der Waals surface area contributed by atoms with Crippen LogP contribution in [-0.4, -0.2) is 36.9 Å². The summed E-state index contributed by atoms with van der Waals surface area (Å²) in [6, 6.07) is 8.68. The molecule has 20 heavy (non-hydrogen) atoms. The minimum atomic E-state index is 0.203. The highest BCUT2D eigenvalue weighted by Gasteiger charge is 2.36. The monoisotopic (exact) mass is 273 g/mol. The molecule has 108 valence electrons. The van der Waals surface area contributed by atoms with Gasteiger partial charge in [-0.3, -0.25) is 0 Å². The summed E-state index contributed by atoms with van der Waals surface area (Å²) in [6.07, 6.45) is 1.28. The summed E-state index contributed by atoms with van der Waals surface area (Å²) >= 11 is 0. The van der Waals surface area contributed by atoms with E-state index in [1.165, 1.54) is 11.3 Å². The molecule has 1 saturated heterocycles. The van der Waals surface area contributed by atoms with Crippen molar-refractivity contribution in [2.24, 2.45) is 11.0 Å². The lowest BCUT2D eigenvalue weighted by Gasteiger charge is -2.31. The van der Waals surface area contributed by atoms with Gasteiger partial charge in [-0.15, -0.1) is 0 Å². The van der Waals surface area contributed by atoms with Crippen molar-refractivity contribution >= 4 is 5.71 Å². The van der Waals surface area contributed by atoms with E-state index < -0.39 is 0 Å². The number of hydrazone groups is 1. The summed E-state index contributed by atoms with van der Waals surface area (Å²) in [7, 11) is 2.18. The maximum absolute atomic E-state index is 5.80. The zero-order valence-electron chi connectivity index (χ0n) is 12.5. The molecule has 1 N–H and O–H groups in total. The highest BCUT2D eigenvalue weighted by atomic mass is 16.5. The Kier molecular flexibility index (Phi) is 3.66. The van der Waals surface area contributed by atoms with Crippen LogP contribution in [-0.2, 0) is 0 Å². The maximum Gasteiger partial charge on any atom is 0.120 e. The molecule has 2 aliphatic heterocycles. The number of nitrogens with zero attached hydrogens (tertiary/aromatic N) is 2. The second-order valence-corrected chi connectivity index (χ2v) is 6.07. The third-order valence-electron chi connectivity index (χ3n) is 4.02. The Morgan fingerprint density at radius 2 is 2.25 bits per heavy atom. The fraction of sp³-hybridized carbons (Fsp3) is 0.562. The normalized spacial score (nSPS) is 26.1.